The molecule has 0 saturated carbocycles. The zero-order chi connectivity index (χ0) is 18.7. The number of rotatable bonds is 3. The van der Waals surface area contributed by atoms with Crippen LogP contribution in [0.25, 0.3) is 5.69 Å². The van der Waals surface area contributed by atoms with Crippen molar-refractivity contribution >= 4 is 49.4 Å². The molecule has 0 radical (unpaired) electrons. The maximum atomic E-state index is 12.7. The molecular weight excluding hydrogens is 442 g/mol. The van der Waals surface area contributed by atoms with Crippen molar-refractivity contribution < 1.29 is 9.53 Å². The van der Waals surface area contributed by atoms with Crippen molar-refractivity contribution in [3.8, 4) is 5.69 Å². The molecule has 5 nitrogen and oxygen atoms in total. The Bertz CT molecular complexity index is 1070. The summed E-state index contributed by atoms with van der Waals surface area (Å²) in [5, 5.41) is 1.15. The second-order valence-corrected chi connectivity index (χ2v) is 8.11. The molecule has 1 aromatic heterocycles. The summed E-state index contributed by atoms with van der Waals surface area (Å²) in [5.41, 5.74) is 0.881. The van der Waals surface area contributed by atoms with E-state index < -0.39 is 20.5 Å². The SMILES string of the molecule is COC(=O)c1cc(=O)n(-c2ccc(Cl)cc2)c(=Nc2ccc(Cl)cc2)[se]1. The summed E-state index contributed by atoms with van der Waals surface area (Å²) in [6, 6.07) is 15.0. The van der Waals surface area contributed by atoms with Crippen LogP contribution in [0.1, 0.15) is 9.23 Å². The average molecular weight is 454 g/mol. The first-order valence-corrected chi connectivity index (χ1v) is 9.86. The van der Waals surface area contributed by atoms with E-state index in [2.05, 4.69) is 4.99 Å². The Labute approximate surface area is 164 Å². The zero-order valence-electron chi connectivity index (χ0n) is 13.5. The van der Waals surface area contributed by atoms with Crippen LogP contribution in [0.4, 0.5) is 5.69 Å². The Hall–Kier alpha value is -2.11. The molecule has 0 fully saturated rings. The molecule has 0 aliphatic heterocycles. The van der Waals surface area contributed by atoms with E-state index in [1.54, 1.807) is 48.5 Å². The van der Waals surface area contributed by atoms with Gasteiger partial charge >= 0.3 is 165 Å². The Morgan fingerprint density at radius 1 is 1.04 bits per heavy atom. The van der Waals surface area contributed by atoms with Gasteiger partial charge in [-0.1, -0.05) is 0 Å². The quantitative estimate of drug-likeness (QED) is 0.451. The summed E-state index contributed by atoms with van der Waals surface area (Å²) < 4.78 is 7.00. The van der Waals surface area contributed by atoms with Crippen molar-refractivity contribution in [2.45, 2.75) is 0 Å². The Balaban J connectivity index is 2.28. The van der Waals surface area contributed by atoms with Crippen LogP contribution in [0.15, 0.2) is 64.4 Å². The Morgan fingerprint density at radius 3 is 2.19 bits per heavy atom. The first-order chi connectivity index (χ1) is 12.5. The number of nitrogens with zero attached hydrogens (tertiary/aromatic N) is 2. The van der Waals surface area contributed by atoms with Gasteiger partial charge in [0.1, 0.15) is 0 Å². The number of ether oxygens (including phenoxy) is 1. The van der Waals surface area contributed by atoms with Gasteiger partial charge in [0.15, 0.2) is 0 Å². The summed E-state index contributed by atoms with van der Waals surface area (Å²) in [5.74, 6) is -0.530. The van der Waals surface area contributed by atoms with E-state index in [1.165, 1.54) is 17.7 Å². The number of hydrogen-bond donors (Lipinski definition) is 0. The predicted molar refractivity (Wildman–Crippen MR) is 102 cm³/mol. The fourth-order valence-corrected chi connectivity index (χ4v) is 4.44. The third-order valence-corrected chi connectivity index (χ3v) is 5.91. The van der Waals surface area contributed by atoms with Gasteiger partial charge in [-0.25, -0.2) is 0 Å². The van der Waals surface area contributed by atoms with E-state index in [1.807, 2.05) is 0 Å². The predicted octanol–water partition coefficient (Wildman–Crippen LogP) is 3.22. The Morgan fingerprint density at radius 2 is 1.62 bits per heavy atom. The molecule has 26 heavy (non-hydrogen) atoms. The number of aromatic nitrogens is 1. The van der Waals surface area contributed by atoms with Crippen LogP contribution < -0.4 is 9.92 Å². The van der Waals surface area contributed by atoms with Crippen molar-refractivity contribution in [2.75, 3.05) is 7.11 Å². The van der Waals surface area contributed by atoms with Crippen LogP contribution in [0, 0.1) is 0 Å². The second-order valence-electron chi connectivity index (χ2n) is 5.12. The molecule has 0 N–H and O–H groups in total. The third kappa shape index (κ3) is 4.16. The molecule has 0 saturated heterocycles. The van der Waals surface area contributed by atoms with E-state index in [4.69, 9.17) is 27.9 Å². The standard InChI is InChI=1S/C18H12Cl2N2O3Se/c1-25-17(24)15-10-16(23)22(14-8-4-12(20)5-9-14)18(26-15)21-13-6-2-11(19)3-7-13/h2-10H,1H3. The molecule has 0 aliphatic rings. The molecule has 0 spiro atoms. The van der Waals surface area contributed by atoms with Crippen molar-refractivity contribution in [1.29, 1.82) is 0 Å². The van der Waals surface area contributed by atoms with Gasteiger partial charge in [0.25, 0.3) is 0 Å². The van der Waals surface area contributed by atoms with E-state index in [0.29, 0.717) is 30.2 Å². The molecule has 1 heterocycles. The van der Waals surface area contributed by atoms with Crippen LogP contribution in [-0.4, -0.2) is 32.1 Å². The van der Waals surface area contributed by atoms with Crippen molar-refractivity contribution in [1.82, 2.24) is 4.57 Å². The van der Waals surface area contributed by atoms with Gasteiger partial charge in [0, 0.05) is 0 Å². The van der Waals surface area contributed by atoms with Gasteiger partial charge in [-0.3, -0.25) is 0 Å². The van der Waals surface area contributed by atoms with E-state index in [-0.39, 0.29) is 5.56 Å². The molecule has 3 rings (SSSR count). The van der Waals surface area contributed by atoms with Gasteiger partial charge in [0.05, 0.1) is 0 Å². The fraction of sp³-hybridized carbons (Fsp3) is 0.0556. The minimum absolute atomic E-state index is 0.308. The molecular formula is C18H12Cl2N2O3Se. The average Bonchev–Trinajstić information content (AvgIpc) is 2.64. The van der Waals surface area contributed by atoms with E-state index >= 15 is 0 Å². The van der Waals surface area contributed by atoms with Crippen LogP contribution >= 0.6 is 23.2 Å². The second kappa shape index (κ2) is 8.06. The summed E-state index contributed by atoms with van der Waals surface area (Å²) in [6.07, 6.45) is 0. The monoisotopic (exact) mass is 454 g/mol. The number of carbonyl (C=O) groups excluding carboxylic acids is 1. The summed E-state index contributed by atoms with van der Waals surface area (Å²) in [4.78, 5) is 29.2. The number of esters is 1. The van der Waals surface area contributed by atoms with Crippen LogP contribution in [0.5, 0.6) is 0 Å². The molecule has 0 aliphatic carbocycles. The molecule has 0 bridgehead atoms. The number of benzene rings is 2. The normalized spacial score (nSPS) is 11.4. The van der Waals surface area contributed by atoms with Gasteiger partial charge in [-0.15, -0.1) is 0 Å². The topological polar surface area (TPSA) is 60.7 Å². The molecule has 0 amide bonds. The molecule has 8 heteroatoms. The van der Waals surface area contributed by atoms with Gasteiger partial charge in [0.2, 0.25) is 0 Å². The van der Waals surface area contributed by atoms with Crippen LogP contribution in [0.3, 0.4) is 0 Å². The maximum absolute atomic E-state index is 12.7. The molecule has 3 aromatic rings. The molecule has 132 valence electrons. The number of carbonyl (C=O) groups is 1. The number of halogens is 2. The van der Waals surface area contributed by atoms with E-state index in [0.717, 1.165) is 0 Å². The Kier molecular flexibility index (Phi) is 5.79. The van der Waals surface area contributed by atoms with Crippen LogP contribution in [0.2, 0.25) is 10.0 Å². The van der Waals surface area contributed by atoms with Crippen molar-refractivity contribution in [2.24, 2.45) is 4.99 Å². The van der Waals surface area contributed by atoms with Crippen molar-refractivity contribution in [3.05, 3.63) is 83.8 Å². The summed E-state index contributed by atoms with van der Waals surface area (Å²) in [6.45, 7) is 0. The zero-order valence-corrected chi connectivity index (χ0v) is 16.7. The minimum atomic E-state index is -0.530. The number of hydrogen-bond acceptors (Lipinski definition) is 4. The van der Waals surface area contributed by atoms with Gasteiger partial charge in [-0.2, -0.15) is 0 Å². The van der Waals surface area contributed by atoms with E-state index in [9.17, 15) is 9.59 Å². The first-order valence-electron chi connectivity index (χ1n) is 7.39. The van der Waals surface area contributed by atoms with Crippen LogP contribution in [-0.2, 0) is 4.74 Å². The molecule has 0 unspecified atom stereocenters. The third-order valence-electron chi connectivity index (χ3n) is 3.39. The molecule has 2 aromatic carbocycles. The van der Waals surface area contributed by atoms with Crippen molar-refractivity contribution in [3.63, 3.8) is 0 Å². The van der Waals surface area contributed by atoms with Gasteiger partial charge in [-0.05, 0) is 0 Å². The first kappa shape index (κ1) is 18.7. The summed E-state index contributed by atoms with van der Waals surface area (Å²) >= 11 is 11.3. The fourth-order valence-electron chi connectivity index (χ4n) is 2.17. The number of methoxy groups -OCH3 is 1. The summed E-state index contributed by atoms with van der Waals surface area (Å²) in [7, 11) is 1.28. The van der Waals surface area contributed by atoms with Gasteiger partial charge < -0.3 is 0 Å². The molecule has 0 atom stereocenters.